The number of nitrogens with two attached hydrogens (primary N) is 1. The van der Waals surface area contributed by atoms with Crippen molar-refractivity contribution in [3.8, 4) is 0 Å². The highest BCUT2D eigenvalue weighted by molar-refractivity contribution is 7.92. The molecular formula is C11H13ClN4O2S. The van der Waals surface area contributed by atoms with E-state index in [0.29, 0.717) is 17.3 Å². The van der Waals surface area contributed by atoms with Crippen LogP contribution in [0.15, 0.2) is 35.4 Å². The first-order valence-electron chi connectivity index (χ1n) is 5.54. The van der Waals surface area contributed by atoms with E-state index in [1.165, 1.54) is 10.9 Å². The summed E-state index contributed by atoms with van der Waals surface area (Å²) < 4.78 is 28.2. The van der Waals surface area contributed by atoms with Crippen LogP contribution in [0.25, 0.3) is 0 Å². The Kier molecular flexibility index (Phi) is 3.68. The van der Waals surface area contributed by atoms with Gasteiger partial charge in [0.15, 0.2) is 5.82 Å². The van der Waals surface area contributed by atoms with Crippen LogP contribution in [0.5, 0.6) is 0 Å². The molecule has 0 unspecified atom stereocenters. The molecular weight excluding hydrogens is 288 g/mol. The zero-order chi connectivity index (χ0) is 14.0. The lowest BCUT2D eigenvalue weighted by Crippen LogP contribution is -2.14. The van der Waals surface area contributed by atoms with Gasteiger partial charge in [-0.3, -0.25) is 9.40 Å². The molecule has 0 radical (unpaired) electrons. The highest BCUT2D eigenvalue weighted by Crippen LogP contribution is 2.25. The minimum absolute atomic E-state index is 0.0404. The number of nitrogens with one attached hydrogen (secondary N) is 1. The van der Waals surface area contributed by atoms with Crippen molar-refractivity contribution < 1.29 is 8.42 Å². The summed E-state index contributed by atoms with van der Waals surface area (Å²) in [6.07, 6.45) is 1.38. The molecule has 19 heavy (non-hydrogen) atoms. The largest absolute Gasteiger partial charge is 0.381 e. The maximum Gasteiger partial charge on any atom is 0.267 e. The monoisotopic (exact) mass is 300 g/mol. The average Bonchev–Trinajstić information content (AvgIpc) is 2.74. The number of anilines is 2. The van der Waals surface area contributed by atoms with Crippen LogP contribution >= 0.6 is 11.6 Å². The van der Waals surface area contributed by atoms with Crippen molar-refractivity contribution in [2.24, 2.45) is 0 Å². The summed E-state index contributed by atoms with van der Waals surface area (Å²) in [7, 11) is -3.80. The minimum atomic E-state index is -3.80. The Bertz CT molecular complexity index is 696. The van der Waals surface area contributed by atoms with Gasteiger partial charge in [-0.2, -0.15) is 5.10 Å². The van der Waals surface area contributed by atoms with Crippen molar-refractivity contribution in [3.05, 3.63) is 35.5 Å². The fourth-order valence-electron chi connectivity index (χ4n) is 1.53. The van der Waals surface area contributed by atoms with Crippen LogP contribution in [-0.4, -0.2) is 18.2 Å². The molecule has 0 saturated carbocycles. The lowest BCUT2D eigenvalue weighted by molar-refractivity contribution is 0.600. The van der Waals surface area contributed by atoms with Crippen LogP contribution in [0.1, 0.15) is 6.92 Å². The van der Waals surface area contributed by atoms with Crippen LogP contribution < -0.4 is 10.5 Å². The molecule has 0 fully saturated rings. The predicted octanol–water partition coefficient (Wildman–Crippen LogP) is 1.94. The molecule has 0 aliphatic heterocycles. The Labute approximate surface area is 116 Å². The van der Waals surface area contributed by atoms with Gasteiger partial charge in [-0.25, -0.2) is 8.42 Å². The molecule has 1 heterocycles. The first-order chi connectivity index (χ1) is 8.94. The Morgan fingerprint density at radius 1 is 1.42 bits per heavy atom. The number of benzene rings is 1. The smallest absolute Gasteiger partial charge is 0.267 e. The van der Waals surface area contributed by atoms with Gasteiger partial charge >= 0.3 is 0 Å². The average molecular weight is 301 g/mol. The maximum atomic E-state index is 12.2. The van der Waals surface area contributed by atoms with Crippen molar-refractivity contribution in [1.82, 2.24) is 9.78 Å². The molecule has 0 saturated heterocycles. The lowest BCUT2D eigenvalue weighted by Gasteiger charge is -2.08. The number of aromatic nitrogens is 2. The molecule has 8 heteroatoms. The molecule has 1 aromatic carbocycles. The zero-order valence-electron chi connectivity index (χ0n) is 10.2. The fourth-order valence-corrected chi connectivity index (χ4v) is 2.92. The number of aryl methyl sites for hydroxylation is 1. The number of rotatable bonds is 4. The van der Waals surface area contributed by atoms with E-state index in [9.17, 15) is 8.42 Å². The van der Waals surface area contributed by atoms with Crippen LogP contribution in [0.3, 0.4) is 0 Å². The van der Waals surface area contributed by atoms with Crippen molar-refractivity contribution in [2.45, 2.75) is 18.4 Å². The molecule has 0 aliphatic carbocycles. The Morgan fingerprint density at radius 3 is 2.68 bits per heavy atom. The van der Waals surface area contributed by atoms with Crippen molar-refractivity contribution >= 4 is 33.1 Å². The van der Waals surface area contributed by atoms with Crippen LogP contribution in [0.2, 0.25) is 5.02 Å². The number of para-hydroxylation sites is 1. The number of sulfonamides is 1. The second-order valence-corrected chi connectivity index (χ2v) is 5.88. The van der Waals surface area contributed by atoms with Gasteiger partial charge in [0.1, 0.15) is 4.90 Å². The summed E-state index contributed by atoms with van der Waals surface area (Å²) in [4.78, 5) is -0.0609. The second-order valence-electron chi connectivity index (χ2n) is 3.82. The Hall–Kier alpha value is -1.73. The van der Waals surface area contributed by atoms with Crippen molar-refractivity contribution in [1.29, 1.82) is 0 Å². The van der Waals surface area contributed by atoms with Gasteiger partial charge in [0, 0.05) is 12.7 Å². The molecule has 2 aromatic rings. The Balaban J connectivity index is 2.38. The number of nitrogens with zero attached hydrogens (tertiary/aromatic N) is 2. The van der Waals surface area contributed by atoms with Crippen molar-refractivity contribution in [3.63, 3.8) is 0 Å². The molecule has 0 aliphatic rings. The lowest BCUT2D eigenvalue weighted by atomic mass is 10.3. The van der Waals surface area contributed by atoms with E-state index < -0.39 is 10.0 Å². The highest BCUT2D eigenvalue weighted by Gasteiger charge is 2.21. The third-order valence-electron chi connectivity index (χ3n) is 2.49. The Morgan fingerprint density at radius 2 is 2.11 bits per heavy atom. The number of hydrogen-bond acceptors (Lipinski definition) is 4. The van der Waals surface area contributed by atoms with E-state index in [-0.39, 0.29) is 10.7 Å². The first kappa shape index (κ1) is 13.7. The molecule has 0 amide bonds. The molecule has 6 nitrogen and oxygen atoms in total. The fraction of sp³-hybridized carbons (Fsp3) is 0.182. The summed E-state index contributed by atoms with van der Waals surface area (Å²) in [5.74, 6) is -0.0404. The van der Waals surface area contributed by atoms with E-state index in [0.717, 1.165) is 0 Å². The topological polar surface area (TPSA) is 90.0 Å². The minimum Gasteiger partial charge on any atom is -0.381 e. The molecule has 0 bridgehead atoms. The van der Waals surface area contributed by atoms with Crippen LogP contribution in [0.4, 0.5) is 11.5 Å². The summed E-state index contributed by atoms with van der Waals surface area (Å²) in [5.41, 5.74) is 5.91. The number of halogens is 1. The number of nitrogen functional groups attached to an aromatic ring is 1. The van der Waals surface area contributed by atoms with Crippen LogP contribution in [0, 0.1) is 0 Å². The SMILES string of the molecule is CCn1cc(S(=O)(=O)Nc2ccccc2Cl)c(N)n1. The van der Waals surface area contributed by atoms with E-state index >= 15 is 0 Å². The molecule has 2 rings (SSSR count). The van der Waals surface area contributed by atoms with Gasteiger partial charge < -0.3 is 5.73 Å². The third kappa shape index (κ3) is 2.82. The zero-order valence-corrected chi connectivity index (χ0v) is 11.7. The van der Waals surface area contributed by atoms with E-state index in [1.807, 2.05) is 6.92 Å². The molecule has 0 atom stereocenters. The van der Waals surface area contributed by atoms with E-state index in [2.05, 4.69) is 9.82 Å². The van der Waals surface area contributed by atoms with Gasteiger partial charge in [-0.05, 0) is 19.1 Å². The predicted molar refractivity (Wildman–Crippen MR) is 74.6 cm³/mol. The van der Waals surface area contributed by atoms with Crippen LogP contribution in [-0.2, 0) is 16.6 Å². The molecule has 102 valence electrons. The number of hydrogen-bond donors (Lipinski definition) is 2. The van der Waals surface area contributed by atoms with Gasteiger partial charge in [0.2, 0.25) is 0 Å². The first-order valence-corrected chi connectivity index (χ1v) is 7.40. The maximum absolute atomic E-state index is 12.2. The summed E-state index contributed by atoms with van der Waals surface area (Å²) >= 11 is 5.91. The summed E-state index contributed by atoms with van der Waals surface area (Å²) in [6.45, 7) is 2.37. The molecule has 0 spiro atoms. The summed E-state index contributed by atoms with van der Waals surface area (Å²) in [5, 5.41) is 4.21. The quantitative estimate of drug-likeness (QED) is 0.903. The normalized spacial score (nSPS) is 11.5. The summed E-state index contributed by atoms with van der Waals surface area (Å²) in [6, 6.07) is 6.56. The molecule has 1 aromatic heterocycles. The molecule has 3 N–H and O–H groups in total. The third-order valence-corrected chi connectivity index (χ3v) is 4.20. The van der Waals surface area contributed by atoms with E-state index in [4.69, 9.17) is 17.3 Å². The van der Waals surface area contributed by atoms with E-state index in [1.54, 1.807) is 24.3 Å². The van der Waals surface area contributed by atoms with Gasteiger partial charge in [-0.1, -0.05) is 23.7 Å². The van der Waals surface area contributed by atoms with Crippen molar-refractivity contribution in [2.75, 3.05) is 10.5 Å². The second kappa shape index (κ2) is 5.10. The van der Waals surface area contributed by atoms with Gasteiger partial charge in [-0.15, -0.1) is 0 Å². The van der Waals surface area contributed by atoms with Gasteiger partial charge in [0.25, 0.3) is 10.0 Å². The highest BCUT2D eigenvalue weighted by atomic mass is 35.5. The standard InChI is InChI=1S/C11H13ClN4O2S/c1-2-16-7-10(11(13)14-16)19(17,18)15-9-6-4-3-5-8(9)12/h3-7,15H,2H2,1H3,(H2,13,14). The van der Waals surface area contributed by atoms with Gasteiger partial charge in [0.05, 0.1) is 10.7 Å².